The monoisotopic (exact) mass is 829 g/mol. The minimum atomic E-state index is -4.03. The molecule has 0 unspecified atom stereocenters. The number of aromatic nitrogens is 1. The van der Waals surface area contributed by atoms with Gasteiger partial charge in [-0.15, -0.1) is 0 Å². The molecule has 314 valence electrons. The molecule has 15 heteroatoms. The molecule has 13 nitrogen and oxygen atoms in total. The number of benzene rings is 2. The highest BCUT2D eigenvalue weighted by Crippen LogP contribution is 2.50. The number of hydrogen-bond acceptors (Lipinski definition) is 9. The van der Waals surface area contributed by atoms with Crippen LogP contribution >= 0.6 is 0 Å². The van der Waals surface area contributed by atoms with Gasteiger partial charge in [0.25, 0.3) is 5.91 Å². The minimum absolute atomic E-state index is 0.0210. The highest BCUT2D eigenvalue weighted by molar-refractivity contribution is 7.91. The summed E-state index contributed by atoms with van der Waals surface area (Å²) in [5.74, 6) is -2.44. The number of halogens is 1. The third kappa shape index (κ3) is 8.02. The summed E-state index contributed by atoms with van der Waals surface area (Å²) in [6.45, 7) is 6.73. The fraction of sp³-hybridized carbons (Fsp3) is 0.523. The molecule has 8 rings (SSSR count). The normalized spacial score (nSPS) is 28.4. The van der Waals surface area contributed by atoms with Crippen LogP contribution in [0.1, 0.15) is 97.5 Å². The van der Waals surface area contributed by atoms with E-state index < -0.39 is 79.1 Å². The maximum absolute atomic E-state index is 14.9. The Bertz CT molecular complexity index is 2360. The maximum atomic E-state index is 14.9. The summed E-state index contributed by atoms with van der Waals surface area (Å²) in [7, 11) is -4.03. The van der Waals surface area contributed by atoms with Crippen molar-refractivity contribution in [1.29, 1.82) is 0 Å². The van der Waals surface area contributed by atoms with Crippen molar-refractivity contribution >= 4 is 44.7 Å². The van der Waals surface area contributed by atoms with Gasteiger partial charge in [0, 0.05) is 28.9 Å². The van der Waals surface area contributed by atoms with Crippen molar-refractivity contribution in [2.75, 3.05) is 6.54 Å². The number of aryl methyl sites for hydroxylation is 1. The molecule has 4 amide bonds. The molecule has 3 fully saturated rings. The minimum Gasteiger partial charge on any atom is -0.483 e. The number of sulfonamides is 1. The molecule has 1 aromatic heterocycles. The van der Waals surface area contributed by atoms with E-state index in [9.17, 15) is 32.0 Å². The molecule has 3 N–H and O–H groups in total. The number of fused-ring (bicyclic) bond motifs is 5. The van der Waals surface area contributed by atoms with E-state index in [2.05, 4.69) is 15.4 Å². The number of nitrogens with one attached hydrogen (secondary N) is 3. The second kappa shape index (κ2) is 14.9. The van der Waals surface area contributed by atoms with Gasteiger partial charge in [-0.3, -0.25) is 19.1 Å². The molecule has 2 saturated carbocycles. The van der Waals surface area contributed by atoms with Gasteiger partial charge < -0.3 is 25.0 Å². The van der Waals surface area contributed by atoms with E-state index in [0.717, 1.165) is 23.8 Å². The molecule has 0 radical (unpaired) electrons. The van der Waals surface area contributed by atoms with Crippen molar-refractivity contribution in [3.05, 3.63) is 72.1 Å². The lowest BCUT2D eigenvalue weighted by molar-refractivity contribution is -0.141. The number of carbonyl (C=O) groups excluding carboxylic acids is 4. The van der Waals surface area contributed by atoms with E-state index in [-0.39, 0.29) is 25.8 Å². The Morgan fingerprint density at radius 1 is 1.03 bits per heavy atom. The summed E-state index contributed by atoms with van der Waals surface area (Å²) in [6.07, 6.45) is 8.06. The molecule has 4 heterocycles. The van der Waals surface area contributed by atoms with Crippen LogP contribution in [0.3, 0.4) is 0 Å². The predicted molar refractivity (Wildman–Crippen MR) is 218 cm³/mol. The largest absolute Gasteiger partial charge is 0.483 e. The molecular formula is C44H52FN5O8S. The number of para-hydroxylation sites is 1. The fourth-order valence-electron chi connectivity index (χ4n) is 8.76. The average molecular weight is 830 g/mol. The Morgan fingerprint density at radius 2 is 1.81 bits per heavy atom. The van der Waals surface area contributed by atoms with Crippen LogP contribution in [-0.2, 0) is 35.6 Å². The lowest BCUT2D eigenvalue weighted by Crippen LogP contribution is -2.58. The summed E-state index contributed by atoms with van der Waals surface area (Å²) in [5.41, 5.74) is -0.999. The van der Waals surface area contributed by atoms with Crippen LogP contribution in [-0.4, -0.2) is 82.2 Å². The number of pyridine rings is 1. The van der Waals surface area contributed by atoms with Gasteiger partial charge >= 0.3 is 6.09 Å². The average Bonchev–Trinajstić information content (AvgIpc) is 4.07. The molecule has 5 aliphatic rings. The van der Waals surface area contributed by atoms with Crippen molar-refractivity contribution in [2.45, 2.75) is 132 Å². The topological polar surface area (TPSA) is 173 Å². The highest BCUT2D eigenvalue weighted by atomic mass is 32.2. The summed E-state index contributed by atoms with van der Waals surface area (Å²) < 4.78 is 55.0. The molecule has 59 heavy (non-hydrogen) atoms. The number of amides is 4. The molecule has 2 aliphatic carbocycles. The Morgan fingerprint density at radius 3 is 2.56 bits per heavy atom. The van der Waals surface area contributed by atoms with Gasteiger partial charge in [0.2, 0.25) is 21.8 Å². The Kier molecular flexibility index (Phi) is 10.3. The van der Waals surface area contributed by atoms with Crippen LogP contribution in [0.2, 0.25) is 0 Å². The van der Waals surface area contributed by atoms with Crippen LogP contribution in [0.5, 0.6) is 5.75 Å². The lowest BCUT2D eigenvalue weighted by Gasteiger charge is -2.37. The number of allylic oxidation sites excluding steroid dienone is 1. The number of ether oxygens (including phenoxy) is 2. The third-order valence-electron chi connectivity index (χ3n) is 12.5. The van der Waals surface area contributed by atoms with Gasteiger partial charge in [-0.05, 0) is 97.3 Å². The Labute approximate surface area is 343 Å². The summed E-state index contributed by atoms with van der Waals surface area (Å²) in [6, 6.07) is 11.5. The van der Waals surface area contributed by atoms with Crippen LogP contribution in [0, 0.1) is 11.7 Å². The fourth-order valence-corrected chi connectivity index (χ4v) is 10.1. The van der Waals surface area contributed by atoms with Gasteiger partial charge in [0.15, 0.2) is 0 Å². The molecule has 2 aromatic carbocycles. The molecule has 1 saturated heterocycles. The number of hydrogen-bond donors (Lipinski definition) is 3. The summed E-state index contributed by atoms with van der Waals surface area (Å²) >= 11 is 0. The first-order valence-corrected chi connectivity index (χ1v) is 22.1. The quantitative estimate of drug-likeness (QED) is 0.261. The first-order valence-electron chi connectivity index (χ1n) is 20.6. The van der Waals surface area contributed by atoms with Gasteiger partial charge in [-0.25, -0.2) is 22.6 Å². The standard InChI is InChI=1S/C44H52FN5O8S/c1-41(2,3)58-40(54)47-33-18-9-7-5-6-8-14-28-24-44(28,39(53)49-59(55,56)42(4)21-22-42)48-37(51)34-25-43(26-50(34)38(33)52)20-19-31-30-16-10-11-17-32(30)46-35(36(31)57-43)27-13-12-15-29(45)23-27/h8,10-17,23,28,33-34H,5-7,9,18-22,24-26H2,1-4H3,(H,47,54)(H,48,51)(H,49,53)/b14-8-/t28-,33-,34-,43+,44+/m0/s1. The predicted octanol–water partition coefficient (Wildman–Crippen LogP) is 5.99. The van der Waals surface area contributed by atoms with Crippen molar-refractivity contribution in [3.63, 3.8) is 0 Å². The van der Waals surface area contributed by atoms with Crippen LogP contribution < -0.4 is 20.1 Å². The van der Waals surface area contributed by atoms with E-state index in [1.54, 1.807) is 39.8 Å². The maximum Gasteiger partial charge on any atom is 0.408 e. The molecule has 3 aromatic rings. The number of carbonyl (C=O) groups is 4. The van der Waals surface area contributed by atoms with Crippen molar-refractivity contribution in [3.8, 4) is 17.0 Å². The number of rotatable bonds is 5. The van der Waals surface area contributed by atoms with E-state index in [0.29, 0.717) is 61.0 Å². The molecular weight excluding hydrogens is 778 g/mol. The van der Waals surface area contributed by atoms with E-state index in [4.69, 9.17) is 14.5 Å². The second-order valence-corrected chi connectivity index (χ2v) is 20.4. The zero-order chi connectivity index (χ0) is 42.0. The van der Waals surface area contributed by atoms with Crippen molar-refractivity contribution < 1.29 is 41.5 Å². The number of alkyl carbamates (subject to hydrolysis) is 1. The van der Waals surface area contributed by atoms with E-state index >= 15 is 0 Å². The summed E-state index contributed by atoms with van der Waals surface area (Å²) in [5, 5.41) is 6.59. The summed E-state index contributed by atoms with van der Waals surface area (Å²) in [4.78, 5) is 63.3. The van der Waals surface area contributed by atoms with Crippen molar-refractivity contribution in [1.82, 2.24) is 25.2 Å². The smallest absolute Gasteiger partial charge is 0.408 e. The van der Waals surface area contributed by atoms with E-state index in [1.165, 1.54) is 17.0 Å². The zero-order valence-corrected chi connectivity index (χ0v) is 34.8. The SMILES string of the molecule is CC(C)(C)OC(=O)N[C@H]1CCCCC/C=C\[C@H]2C[C@@]2(C(=O)NS(=O)(=O)C2(C)CC2)NC(=O)[C@@H]2C[C@]3(CCc4c(c(-c5cccc(F)c5)nc5ccccc45)O3)CN2C1=O. The van der Waals surface area contributed by atoms with Crippen LogP contribution in [0.15, 0.2) is 60.7 Å². The van der Waals surface area contributed by atoms with Crippen LogP contribution in [0.25, 0.3) is 22.2 Å². The van der Waals surface area contributed by atoms with Gasteiger partial charge in [0.1, 0.15) is 46.1 Å². The Hall–Kier alpha value is -5.05. The van der Waals surface area contributed by atoms with Gasteiger partial charge in [0.05, 0.1) is 16.8 Å². The van der Waals surface area contributed by atoms with Gasteiger partial charge in [-0.2, -0.15) is 0 Å². The highest BCUT2D eigenvalue weighted by Gasteiger charge is 2.64. The molecule has 3 aliphatic heterocycles. The second-order valence-electron chi connectivity index (χ2n) is 18.2. The zero-order valence-electron chi connectivity index (χ0n) is 33.9. The molecule has 1 spiro atoms. The Balaban J connectivity index is 1.18. The third-order valence-corrected chi connectivity index (χ3v) is 14.7. The first kappa shape index (κ1) is 40.7. The van der Waals surface area contributed by atoms with Crippen LogP contribution in [0.4, 0.5) is 9.18 Å². The molecule has 0 bridgehead atoms. The number of nitrogens with zero attached hydrogens (tertiary/aromatic N) is 2. The lowest BCUT2D eigenvalue weighted by atomic mass is 9.86. The van der Waals surface area contributed by atoms with E-state index in [1.807, 2.05) is 36.4 Å². The molecule has 5 atom stereocenters. The first-order chi connectivity index (χ1) is 27.9. The van der Waals surface area contributed by atoms with Gasteiger partial charge in [-0.1, -0.05) is 55.3 Å². The van der Waals surface area contributed by atoms with Crippen molar-refractivity contribution in [2.24, 2.45) is 5.92 Å².